The zero-order valence-electron chi connectivity index (χ0n) is 18.6. The van der Waals surface area contributed by atoms with Crippen LogP contribution in [-0.4, -0.2) is 27.1 Å². The van der Waals surface area contributed by atoms with Crippen molar-refractivity contribution in [3.63, 3.8) is 0 Å². The second-order valence-electron chi connectivity index (χ2n) is 10.2. The van der Waals surface area contributed by atoms with Gasteiger partial charge in [0.15, 0.2) is 0 Å². The Morgan fingerprint density at radius 3 is 2.06 bits per heavy atom. The molecule has 1 amide bonds. The minimum Gasteiger partial charge on any atom is -0.325 e. The predicted octanol–water partition coefficient (Wildman–Crippen LogP) is 5.87. The minimum absolute atomic E-state index is 0.225. The first-order valence-electron chi connectivity index (χ1n) is 11.4. The molecule has 4 aliphatic rings. The summed E-state index contributed by atoms with van der Waals surface area (Å²) in [5, 5.41) is 3.38. The fourth-order valence-electron chi connectivity index (χ4n) is 6.74. The minimum atomic E-state index is -3.70. The highest BCUT2D eigenvalue weighted by Crippen LogP contribution is 2.60. The molecule has 0 aliphatic heterocycles. The molecule has 4 aliphatic carbocycles. The van der Waals surface area contributed by atoms with E-state index >= 15 is 0 Å². The van der Waals surface area contributed by atoms with Gasteiger partial charge >= 0.3 is 0 Å². The zero-order chi connectivity index (χ0) is 23.4. The van der Waals surface area contributed by atoms with E-state index in [1.165, 1.54) is 62.3 Å². The summed E-state index contributed by atoms with van der Waals surface area (Å²) < 4.78 is 25.7. The summed E-state index contributed by atoms with van der Waals surface area (Å²) >= 11 is 12.0. The third-order valence-electron chi connectivity index (χ3n) is 7.70. The number of rotatable bonds is 6. The molecule has 33 heavy (non-hydrogen) atoms. The van der Waals surface area contributed by atoms with Crippen LogP contribution >= 0.6 is 23.2 Å². The van der Waals surface area contributed by atoms with Crippen molar-refractivity contribution in [2.45, 2.75) is 43.9 Å². The van der Waals surface area contributed by atoms with Gasteiger partial charge in [-0.05, 0) is 97.6 Å². The van der Waals surface area contributed by atoms with Gasteiger partial charge in [-0.2, -0.15) is 0 Å². The molecule has 4 saturated carbocycles. The van der Waals surface area contributed by atoms with Gasteiger partial charge in [0.25, 0.3) is 0 Å². The van der Waals surface area contributed by atoms with E-state index in [9.17, 15) is 13.2 Å². The first-order chi connectivity index (χ1) is 15.6. The third kappa shape index (κ3) is 4.62. The summed E-state index contributed by atoms with van der Waals surface area (Å²) in [6.45, 7) is -0.354. The first-order valence-corrected chi connectivity index (χ1v) is 14.0. The van der Waals surface area contributed by atoms with Crippen molar-refractivity contribution in [1.29, 1.82) is 0 Å². The molecule has 0 aromatic heterocycles. The van der Waals surface area contributed by atoms with Gasteiger partial charge in [0.1, 0.15) is 6.54 Å². The molecule has 1 N–H and O–H groups in total. The van der Waals surface area contributed by atoms with Crippen molar-refractivity contribution >= 4 is 50.5 Å². The Hall–Kier alpha value is -1.76. The van der Waals surface area contributed by atoms with Crippen LogP contribution in [0.3, 0.4) is 0 Å². The van der Waals surface area contributed by atoms with E-state index in [1.54, 1.807) is 0 Å². The topological polar surface area (TPSA) is 66.5 Å². The van der Waals surface area contributed by atoms with Gasteiger partial charge in [0.2, 0.25) is 15.9 Å². The van der Waals surface area contributed by atoms with Crippen molar-refractivity contribution in [3.05, 3.63) is 58.1 Å². The maximum absolute atomic E-state index is 12.7. The van der Waals surface area contributed by atoms with Crippen molar-refractivity contribution in [2.75, 3.05) is 22.4 Å². The highest BCUT2D eigenvalue weighted by atomic mass is 35.5. The van der Waals surface area contributed by atoms with Crippen molar-refractivity contribution in [2.24, 2.45) is 17.8 Å². The lowest BCUT2D eigenvalue weighted by Crippen LogP contribution is -2.48. The van der Waals surface area contributed by atoms with E-state index in [2.05, 4.69) is 17.4 Å². The Bertz CT molecular complexity index is 1150. The molecule has 8 heteroatoms. The van der Waals surface area contributed by atoms with Crippen LogP contribution in [0.5, 0.6) is 0 Å². The average molecular weight is 507 g/mol. The molecule has 0 atom stereocenters. The number of benzene rings is 2. The Labute approximate surface area is 205 Å². The van der Waals surface area contributed by atoms with E-state index in [0.29, 0.717) is 21.8 Å². The number of nitrogens with one attached hydrogen (secondary N) is 1. The quantitative estimate of drug-likeness (QED) is 0.532. The van der Waals surface area contributed by atoms with E-state index in [4.69, 9.17) is 23.2 Å². The number of sulfonamides is 1. The number of carbonyl (C=O) groups excluding carboxylic acids is 1. The molecule has 5 nitrogen and oxygen atoms in total. The standard InChI is InChI=1S/C25H28Cl2N2O3S/c1-33(31,32)29(21-6-7-22(26)23(27)11-21)15-24(30)28-20-4-2-19(3-5-20)25-12-16-8-17(13-25)10-18(9-16)14-25/h2-7,11,16-18H,8-10,12-15H2,1H3,(H,28,30). The maximum Gasteiger partial charge on any atom is 0.245 e. The largest absolute Gasteiger partial charge is 0.325 e. The van der Waals surface area contributed by atoms with Gasteiger partial charge < -0.3 is 5.32 Å². The van der Waals surface area contributed by atoms with Crippen molar-refractivity contribution < 1.29 is 13.2 Å². The molecule has 4 fully saturated rings. The van der Waals surface area contributed by atoms with E-state index in [-0.39, 0.29) is 11.6 Å². The number of nitrogens with zero attached hydrogens (tertiary/aromatic N) is 1. The van der Waals surface area contributed by atoms with Crippen LogP contribution in [0.2, 0.25) is 10.0 Å². The second kappa shape index (κ2) is 8.47. The number of anilines is 2. The first kappa shape index (κ1) is 23.0. The highest BCUT2D eigenvalue weighted by molar-refractivity contribution is 7.92. The number of carbonyl (C=O) groups is 1. The SMILES string of the molecule is CS(=O)(=O)N(CC(=O)Nc1ccc(C23CC4CC(CC(C4)C2)C3)cc1)c1ccc(Cl)c(Cl)c1. The molecule has 6 rings (SSSR count). The molecule has 2 aromatic carbocycles. The Morgan fingerprint density at radius 1 is 0.970 bits per heavy atom. The molecule has 0 radical (unpaired) electrons. The monoisotopic (exact) mass is 506 g/mol. The van der Waals surface area contributed by atoms with Crippen LogP contribution in [0.25, 0.3) is 0 Å². The molecular weight excluding hydrogens is 479 g/mol. The summed E-state index contributed by atoms with van der Waals surface area (Å²) in [5.41, 5.74) is 2.64. The summed E-state index contributed by atoms with van der Waals surface area (Å²) in [5.74, 6) is 2.20. The van der Waals surface area contributed by atoms with Crippen LogP contribution in [0.1, 0.15) is 44.1 Å². The normalized spacial score (nSPS) is 28.0. The third-order valence-corrected chi connectivity index (χ3v) is 9.58. The van der Waals surface area contributed by atoms with Gasteiger partial charge in [-0.15, -0.1) is 0 Å². The van der Waals surface area contributed by atoms with Gasteiger partial charge in [0, 0.05) is 5.69 Å². The second-order valence-corrected chi connectivity index (χ2v) is 12.9. The van der Waals surface area contributed by atoms with Gasteiger partial charge in [-0.25, -0.2) is 8.42 Å². The fourth-order valence-corrected chi connectivity index (χ4v) is 7.88. The molecule has 0 saturated heterocycles. The van der Waals surface area contributed by atoms with Crippen LogP contribution < -0.4 is 9.62 Å². The van der Waals surface area contributed by atoms with Crippen molar-refractivity contribution in [3.8, 4) is 0 Å². The smallest absolute Gasteiger partial charge is 0.245 e. The summed E-state index contributed by atoms with van der Waals surface area (Å²) in [6.07, 6.45) is 9.14. The van der Waals surface area contributed by atoms with Gasteiger partial charge in [-0.1, -0.05) is 35.3 Å². The Balaban J connectivity index is 1.29. The molecular formula is C25H28Cl2N2O3S. The van der Waals surface area contributed by atoms with Crippen LogP contribution in [0.4, 0.5) is 11.4 Å². The van der Waals surface area contributed by atoms with Gasteiger partial charge in [-0.3, -0.25) is 9.10 Å². The lowest BCUT2D eigenvalue weighted by atomic mass is 9.48. The van der Waals surface area contributed by atoms with Gasteiger partial charge in [0.05, 0.1) is 22.0 Å². The lowest BCUT2D eigenvalue weighted by Gasteiger charge is -2.57. The fraction of sp³-hybridized carbons (Fsp3) is 0.480. The molecule has 0 heterocycles. The van der Waals surface area contributed by atoms with Crippen LogP contribution in [0, 0.1) is 17.8 Å². The number of amides is 1. The molecule has 2 aromatic rings. The Kier molecular flexibility index (Phi) is 5.91. The summed E-state index contributed by atoms with van der Waals surface area (Å²) in [6, 6.07) is 12.7. The molecule has 4 bridgehead atoms. The van der Waals surface area contributed by atoms with E-state index in [1.807, 2.05) is 12.1 Å². The lowest BCUT2D eigenvalue weighted by molar-refractivity contribution is -0.114. The van der Waals surface area contributed by atoms with Crippen LogP contribution in [-0.2, 0) is 20.2 Å². The van der Waals surface area contributed by atoms with E-state index in [0.717, 1.165) is 28.3 Å². The molecule has 0 spiro atoms. The molecule has 176 valence electrons. The summed E-state index contributed by atoms with van der Waals surface area (Å²) in [4.78, 5) is 12.7. The number of hydrogen-bond acceptors (Lipinski definition) is 3. The summed E-state index contributed by atoms with van der Waals surface area (Å²) in [7, 11) is -3.70. The Morgan fingerprint density at radius 2 is 1.55 bits per heavy atom. The van der Waals surface area contributed by atoms with Crippen molar-refractivity contribution in [1.82, 2.24) is 0 Å². The van der Waals surface area contributed by atoms with Crippen LogP contribution in [0.15, 0.2) is 42.5 Å². The zero-order valence-corrected chi connectivity index (χ0v) is 20.9. The molecule has 0 unspecified atom stereocenters. The maximum atomic E-state index is 12.7. The average Bonchev–Trinajstić information content (AvgIpc) is 2.73. The predicted molar refractivity (Wildman–Crippen MR) is 134 cm³/mol. The number of halogens is 2. The highest BCUT2D eigenvalue weighted by Gasteiger charge is 2.51. The van der Waals surface area contributed by atoms with E-state index < -0.39 is 15.9 Å². The number of hydrogen-bond donors (Lipinski definition) is 1.